The van der Waals surface area contributed by atoms with E-state index in [4.69, 9.17) is 14.2 Å². The molecule has 0 aliphatic carbocycles. The number of Topliss-reactive ketones (excluding diaryl/α,β-unsaturated/α-hetero) is 1. The van der Waals surface area contributed by atoms with Crippen molar-refractivity contribution in [1.82, 2.24) is 9.78 Å². The van der Waals surface area contributed by atoms with E-state index < -0.39 is 23.7 Å². The molecule has 0 saturated heterocycles. The van der Waals surface area contributed by atoms with Gasteiger partial charge in [-0.3, -0.25) is 14.4 Å². The third-order valence-corrected chi connectivity index (χ3v) is 3.52. The normalized spacial score (nSPS) is 10.3. The zero-order chi connectivity index (χ0) is 19.1. The number of ether oxygens (including phenoxy) is 3. The highest BCUT2D eigenvalue weighted by Crippen LogP contribution is 2.31. The number of benzene rings is 1. The van der Waals surface area contributed by atoms with Gasteiger partial charge in [0.2, 0.25) is 0 Å². The van der Waals surface area contributed by atoms with Crippen LogP contribution in [0.1, 0.15) is 13.3 Å². The molecule has 0 N–H and O–H groups in total. The van der Waals surface area contributed by atoms with Crippen LogP contribution in [0.4, 0.5) is 0 Å². The highest BCUT2D eigenvalue weighted by Gasteiger charge is 2.15. The highest BCUT2D eigenvalue weighted by atomic mass is 16.5. The Balaban J connectivity index is 2.31. The summed E-state index contributed by atoms with van der Waals surface area (Å²) in [4.78, 5) is 35.4. The molecule has 0 aliphatic heterocycles. The van der Waals surface area contributed by atoms with Crippen molar-refractivity contribution in [3.05, 3.63) is 40.7 Å². The molecule has 0 fully saturated rings. The highest BCUT2D eigenvalue weighted by molar-refractivity contribution is 5.95. The van der Waals surface area contributed by atoms with Gasteiger partial charge in [-0.25, -0.2) is 4.68 Å². The molecule has 1 aromatic heterocycles. The van der Waals surface area contributed by atoms with Crippen LogP contribution in [0.2, 0.25) is 0 Å². The van der Waals surface area contributed by atoms with Gasteiger partial charge in [0, 0.05) is 11.6 Å². The van der Waals surface area contributed by atoms with Crippen molar-refractivity contribution in [1.29, 1.82) is 0 Å². The van der Waals surface area contributed by atoms with Gasteiger partial charge >= 0.3 is 5.97 Å². The second-order valence-corrected chi connectivity index (χ2v) is 5.30. The molecular formula is C18H20N2O6. The lowest BCUT2D eigenvalue weighted by Gasteiger charge is -2.11. The molecule has 2 rings (SSSR count). The summed E-state index contributed by atoms with van der Waals surface area (Å²) in [5.41, 5.74) is 0.593. The maximum absolute atomic E-state index is 12.0. The summed E-state index contributed by atoms with van der Waals surface area (Å²) in [6.45, 7) is 1.52. The zero-order valence-electron chi connectivity index (χ0n) is 14.9. The van der Waals surface area contributed by atoms with Crippen molar-refractivity contribution in [2.24, 2.45) is 0 Å². The summed E-state index contributed by atoms with van der Waals surface area (Å²) in [5, 5.41) is 4.22. The second-order valence-electron chi connectivity index (χ2n) is 5.30. The summed E-state index contributed by atoms with van der Waals surface area (Å²) in [6.07, 6.45) is -0.408. The Labute approximate surface area is 150 Å². The number of hydrogen-bond acceptors (Lipinski definition) is 7. The maximum Gasteiger partial charge on any atom is 0.313 e. The van der Waals surface area contributed by atoms with E-state index in [1.165, 1.54) is 26.4 Å². The Morgan fingerprint density at radius 2 is 1.88 bits per heavy atom. The molecule has 2 aromatic rings. The molecule has 0 atom stereocenters. The maximum atomic E-state index is 12.0. The molecule has 138 valence electrons. The number of carbonyl (C=O) groups is 2. The van der Waals surface area contributed by atoms with Crippen molar-refractivity contribution in [3.8, 4) is 22.8 Å². The van der Waals surface area contributed by atoms with Gasteiger partial charge in [0.15, 0.2) is 5.78 Å². The van der Waals surface area contributed by atoms with Crippen molar-refractivity contribution in [2.75, 3.05) is 20.8 Å². The van der Waals surface area contributed by atoms with Gasteiger partial charge in [-0.1, -0.05) is 0 Å². The van der Waals surface area contributed by atoms with Crippen LogP contribution in [-0.2, 0) is 20.9 Å². The first-order valence-corrected chi connectivity index (χ1v) is 7.96. The van der Waals surface area contributed by atoms with E-state index in [1.54, 1.807) is 25.1 Å². The van der Waals surface area contributed by atoms with E-state index in [1.807, 2.05) is 0 Å². The molecule has 0 amide bonds. The van der Waals surface area contributed by atoms with Gasteiger partial charge in [0.05, 0.1) is 26.5 Å². The number of esters is 1. The summed E-state index contributed by atoms with van der Waals surface area (Å²) < 4.78 is 16.3. The fourth-order valence-electron chi connectivity index (χ4n) is 2.32. The molecule has 0 aliphatic rings. The predicted molar refractivity (Wildman–Crippen MR) is 93.3 cm³/mol. The molecule has 0 spiro atoms. The molecule has 0 radical (unpaired) electrons. The summed E-state index contributed by atoms with van der Waals surface area (Å²) in [6, 6.07) is 8.01. The molecule has 0 unspecified atom stereocenters. The Morgan fingerprint density at radius 1 is 1.12 bits per heavy atom. The van der Waals surface area contributed by atoms with E-state index in [0.29, 0.717) is 22.8 Å². The van der Waals surface area contributed by atoms with Crippen LogP contribution in [0.5, 0.6) is 11.5 Å². The Kier molecular flexibility index (Phi) is 6.48. The zero-order valence-corrected chi connectivity index (χ0v) is 14.9. The number of aromatic nitrogens is 2. The average molecular weight is 360 g/mol. The number of carbonyl (C=O) groups excluding carboxylic acids is 2. The average Bonchev–Trinajstić information content (AvgIpc) is 2.63. The SMILES string of the molecule is CCOC(=O)CC(=O)Cn1nc(-c2cc(OC)ccc2OC)ccc1=O. The molecule has 0 saturated carbocycles. The minimum Gasteiger partial charge on any atom is -0.497 e. The fourth-order valence-corrected chi connectivity index (χ4v) is 2.32. The lowest BCUT2D eigenvalue weighted by molar-refractivity contribution is -0.145. The van der Waals surface area contributed by atoms with Crippen LogP contribution >= 0.6 is 0 Å². The van der Waals surface area contributed by atoms with Crippen LogP contribution in [0.3, 0.4) is 0 Å². The van der Waals surface area contributed by atoms with Crippen LogP contribution in [-0.4, -0.2) is 42.4 Å². The number of methoxy groups -OCH3 is 2. The molecule has 1 heterocycles. The number of hydrogen-bond donors (Lipinski definition) is 0. The quantitative estimate of drug-likeness (QED) is 0.519. The summed E-state index contributed by atoms with van der Waals surface area (Å²) in [7, 11) is 3.05. The minimum absolute atomic E-state index is 0.190. The largest absolute Gasteiger partial charge is 0.497 e. The predicted octanol–water partition coefficient (Wildman–Crippen LogP) is 1.45. The van der Waals surface area contributed by atoms with Crippen molar-refractivity contribution >= 4 is 11.8 Å². The lowest BCUT2D eigenvalue weighted by atomic mass is 10.1. The first kappa shape index (κ1) is 19.2. The first-order valence-electron chi connectivity index (χ1n) is 7.96. The standard InChI is InChI=1S/C18H20N2O6/c1-4-26-18(23)9-12(21)11-20-17(22)8-6-15(19-20)14-10-13(24-2)5-7-16(14)25-3/h5-8,10H,4,9,11H2,1-3H3. The number of ketones is 1. The molecular weight excluding hydrogens is 340 g/mol. The van der Waals surface area contributed by atoms with Crippen LogP contribution < -0.4 is 15.0 Å². The smallest absolute Gasteiger partial charge is 0.313 e. The fraction of sp³-hybridized carbons (Fsp3) is 0.333. The summed E-state index contributed by atoms with van der Waals surface area (Å²) >= 11 is 0. The monoisotopic (exact) mass is 360 g/mol. The van der Waals surface area contributed by atoms with E-state index in [9.17, 15) is 14.4 Å². The van der Waals surface area contributed by atoms with Crippen molar-refractivity contribution < 1.29 is 23.8 Å². The molecule has 1 aromatic carbocycles. The molecule has 26 heavy (non-hydrogen) atoms. The van der Waals surface area contributed by atoms with Gasteiger partial charge in [0.25, 0.3) is 5.56 Å². The third kappa shape index (κ3) is 4.69. The van der Waals surface area contributed by atoms with Crippen LogP contribution in [0.25, 0.3) is 11.3 Å². The van der Waals surface area contributed by atoms with E-state index in [0.717, 1.165) is 4.68 Å². The van der Waals surface area contributed by atoms with Crippen LogP contribution in [0, 0.1) is 0 Å². The second kappa shape index (κ2) is 8.80. The Morgan fingerprint density at radius 3 is 2.54 bits per heavy atom. The number of nitrogens with zero attached hydrogens (tertiary/aromatic N) is 2. The lowest BCUT2D eigenvalue weighted by Crippen LogP contribution is -2.27. The van der Waals surface area contributed by atoms with Gasteiger partial charge in [0.1, 0.15) is 24.5 Å². The van der Waals surface area contributed by atoms with E-state index in [2.05, 4.69) is 5.10 Å². The van der Waals surface area contributed by atoms with Crippen LogP contribution in [0.15, 0.2) is 35.1 Å². The molecule has 0 bridgehead atoms. The third-order valence-electron chi connectivity index (χ3n) is 3.52. The molecule has 8 nitrogen and oxygen atoms in total. The van der Waals surface area contributed by atoms with Gasteiger partial charge in [-0.05, 0) is 31.2 Å². The van der Waals surface area contributed by atoms with Crippen molar-refractivity contribution in [2.45, 2.75) is 19.9 Å². The van der Waals surface area contributed by atoms with E-state index >= 15 is 0 Å². The van der Waals surface area contributed by atoms with E-state index in [-0.39, 0.29) is 13.2 Å². The molecule has 8 heteroatoms. The van der Waals surface area contributed by atoms with Crippen molar-refractivity contribution in [3.63, 3.8) is 0 Å². The number of rotatable bonds is 8. The topological polar surface area (TPSA) is 96.7 Å². The van der Waals surface area contributed by atoms with Gasteiger partial charge in [-0.2, -0.15) is 5.10 Å². The minimum atomic E-state index is -0.629. The summed E-state index contributed by atoms with van der Waals surface area (Å²) in [5.74, 6) is 0.0454. The first-order chi connectivity index (χ1) is 12.5. The Hall–Kier alpha value is -3.16. The Bertz CT molecular complexity index is 859. The van der Waals surface area contributed by atoms with Gasteiger partial charge < -0.3 is 14.2 Å². The van der Waals surface area contributed by atoms with Gasteiger partial charge in [-0.15, -0.1) is 0 Å².